The van der Waals surface area contributed by atoms with Crippen LogP contribution in [0.5, 0.6) is 0 Å². The van der Waals surface area contributed by atoms with Gasteiger partial charge in [0.2, 0.25) is 5.43 Å². The third-order valence-electron chi connectivity index (χ3n) is 4.92. The average molecular weight is 451 g/mol. The maximum Gasteiger partial charge on any atom is 0.433 e. The van der Waals surface area contributed by atoms with Gasteiger partial charge in [0.1, 0.15) is 11.4 Å². The van der Waals surface area contributed by atoms with E-state index < -0.39 is 17.3 Å². The molecular formula is C19H19Cl2F3N2OS. The maximum absolute atomic E-state index is 13.0. The smallest absolute Gasteiger partial charge is 0.287 e. The first-order valence-corrected chi connectivity index (χ1v) is 10.5. The summed E-state index contributed by atoms with van der Waals surface area (Å²) in [4.78, 5) is 13.1. The number of alkyl halides is 3. The zero-order valence-corrected chi connectivity index (χ0v) is 17.6. The molecule has 28 heavy (non-hydrogen) atoms. The van der Waals surface area contributed by atoms with Crippen molar-refractivity contribution in [3.8, 4) is 11.3 Å². The fourth-order valence-corrected chi connectivity index (χ4v) is 5.15. The van der Waals surface area contributed by atoms with Gasteiger partial charge in [0, 0.05) is 28.8 Å². The highest BCUT2D eigenvalue weighted by Crippen LogP contribution is 2.42. The van der Waals surface area contributed by atoms with E-state index in [1.807, 2.05) is 0 Å². The van der Waals surface area contributed by atoms with Gasteiger partial charge in [0.15, 0.2) is 0 Å². The molecule has 9 heteroatoms. The molecule has 0 saturated heterocycles. The molecule has 1 aliphatic carbocycles. The lowest BCUT2D eigenvalue weighted by molar-refractivity contribution is -0.144. The van der Waals surface area contributed by atoms with E-state index in [1.165, 1.54) is 6.07 Å². The van der Waals surface area contributed by atoms with Gasteiger partial charge in [-0.1, -0.05) is 30.1 Å². The quantitative estimate of drug-likeness (QED) is 0.539. The Hall–Kier alpha value is -1.18. The van der Waals surface area contributed by atoms with E-state index in [-0.39, 0.29) is 16.3 Å². The summed E-state index contributed by atoms with van der Waals surface area (Å²) < 4.78 is 39.7. The van der Waals surface area contributed by atoms with E-state index in [1.54, 1.807) is 17.8 Å². The number of aryl methyl sites for hydroxylation is 1. The molecule has 0 amide bonds. The molecule has 1 fully saturated rings. The van der Waals surface area contributed by atoms with Gasteiger partial charge >= 0.3 is 6.18 Å². The number of hydrogen-bond acceptors (Lipinski definition) is 3. The summed E-state index contributed by atoms with van der Waals surface area (Å²) in [6.45, 7) is 2.24. The molecule has 1 saturated carbocycles. The number of benzene rings is 1. The van der Waals surface area contributed by atoms with Gasteiger partial charge in [0.05, 0.1) is 10.0 Å². The molecule has 3 nitrogen and oxygen atoms in total. The molecule has 1 aromatic carbocycles. The molecular weight excluding hydrogens is 432 g/mol. The van der Waals surface area contributed by atoms with E-state index in [2.05, 4.69) is 12.0 Å². The van der Waals surface area contributed by atoms with Crippen LogP contribution in [-0.4, -0.2) is 15.0 Å². The summed E-state index contributed by atoms with van der Waals surface area (Å²) in [7, 11) is 1.15. The molecule has 1 aromatic heterocycles. The summed E-state index contributed by atoms with van der Waals surface area (Å²) in [5, 5.41) is 4.89. The summed E-state index contributed by atoms with van der Waals surface area (Å²) in [6.07, 6.45) is -0.226. The molecule has 0 aliphatic heterocycles. The number of aromatic nitrogens is 2. The van der Waals surface area contributed by atoms with Gasteiger partial charge < -0.3 is 0 Å². The first-order chi connectivity index (χ1) is 13.1. The predicted molar refractivity (Wildman–Crippen MR) is 107 cm³/mol. The Morgan fingerprint density at radius 1 is 1.11 bits per heavy atom. The van der Waals surface area contributed by atoms with E-state index >= 15 is 0 Å². The molecule has 2 aromatic rings. The SMILES string of the molecule is CC1CCC(Sc2cc(-c3nn(C)c(C(F)(F)F)cc3=O)c(Cl)cc2Cl)CC1. The van der Waals surface area contributed by atoms with Gasteiger partial charge in [-0.05, 0) is 43.7 Å². The lowest BCUT2D eigenvalue weighted by Gasteiger charge is -2.26. The molecule has 0 radical (unpaired) electrons. The molecule has 1 aliphatic rings. The van der Waals surface area contributed by atoms with Crippen molar-refractivity contribution in [3.05, 3.63) is 44.2 Å². The van der Waals surface area contributed by atoms with Crippen LogP contribution in [0.4, 0.5) is 13.2 Å². The van der Waals surface area contributed by atoms with Crippen LogP contribution in [0.3, 0.4) is 0 Å². The number of rotatable bonds is 3. The van der Waals surface area contributed by atoms with Crippen molar-refractivity contribution >= 4 is 35.0 Å². The Labute approximate surface area is 175 Å². The lowest BCUT2D eigenvalue weighted by Crippen LogP contribution is -2.22. The van der Waals surface area contributed by atoms with Crippen molar-refractivity contribution in [2.75, 3.05) is 0 Å². The first kappa shape index (κ1) is 21.5. The zero-order chi connectivity index (χ0) is 20.6. The van der Waals surface area contributed by atoms with Crippen molar-refractivity contribution in [2.45, 2.75) is 48.9 Å². The topological polar surface area (TPSA) is 34.9 Å². The second kappa shape index (κ2) is 8.28. The normalized spacial score (nSPS) is 20.4. The minimum absolute atomic E-state index is 0.128. The highest BCUT2D eigenvalue weighted by atomic mass is 35.5. The number of halogens is 5. The fourth-order valence-electron chi connectivity index (χ4n) is 3.32. The number of nitrogens with zero attached hydrogens (tertiary/aromatic N) is 2. The second-order valence-corrected chi connectivity index (χ2v) is 9.28. The minimum Gasteiger partial charge on any atom is -0.287 e. The van der Waals surface area contributed by atoms with Crippen molar-refractivity contribution in [2.24, 2.45) is 13.0 Å². The Morgan fingerprint density at radius 3 is 2.36 bits per heavy atom. The predicted octanol–water partition coefficient (Wildman–Crippen LogP) is 6.44. The summed E-state index contributed by atoms with van der Waals surface area (Å²) >= 11 is 14.2. The van der Waals surface area contributed by atoms with Crippen LogP contribution in [0.25, 0.3) is 11.3 Å². The Morgan fingerprint density at radius 2 is 1.75 bits per heavy atom. The van der Waals surface area contributed by atoms with E-state index in [0.29, 0.717) is 26.9 Å². The first-order valence-electron chi connectivity index (χ1n) is 8.88. The number of hydrogen-bond donors (Lipinski definition) is 0. The minimum atomic E-state index is -4.66. The molecule has 3 rings (SSSR count). The van der Waals surface area contributed by atoms with Crippen molar-refractivity contribution < 1.29 is 13.2 Å². The van der Waals surface area contributed by atoms with Gasteiger partial charge in [-0.25, -0.2) is 0 Å². The van der Waals surface area contributed by atoms with Crippen LogP contribution in [0.2, 0.25) is 10.0 Å². The Balaban J connectivity index is 1.99. The monoisotopic (exact) mass is 450 g/mol. The van der Waals surface area contributed by atoms with E-state index in [9.17, 15) is 18.0 Å². The van der Waals surface area contributed by atoms with Gasteiger partial charge in [-0.15, -0.1) is 11.8 Å². The standard InChI is InChI=1S/C19H19Cl2F3N2OS/c1-10-3-5-11(6-4-10)28-16-7-12(13(20)8-14(16)21)18-15(27)9-17(19(22,23)24)26(2)25-18/h7-11H,3-6H2,1-2H3. The molecule has 0 N–H and O–H groups in total. The largest absolute Gasteiger partial charge is 0.433 e. The molecule has 0 bridgehead atoms. The van der Waals surface area contributed by atoms with Crippen LogP contribution in [0, 0.1) is 5.92 Å². The van der Waals surface area contributed by atoms with Gasteiger partial charge in [-0.2, -0.15) is 18.3 Å². The van der Waals surface area contributed by atoms with Crippen molar-refractivity contribution in [1.29, 1.82) is 0 Å². The van der Waals surface area contributed by atoms with Crippen LogP contribution < -0.4 is 5.43 Å². The highest BCUT2D eigenvalue weighted by molar-refractivity contribution is 8.00. The summed E-state index contributed by atoms with van der Waals surface area (Å²) in [5.41, 5.74) is -1.79. The summed E-state index contributed by atoms with van der Waals surface area (Å²) in [6, 6.07) is 3.72. The fraction of sp³-hybridized carbons (Fsp3) is 0.474. The Bertz CT molecular complexity index is 938. The third-order valence-corrected chi connectivity index (χ3v) is 7.06. The molecule has 152 valence electrons. The number of thioether (sulfide) groups is 1. The maximum atomic E-state index is 13.0. The average Bonchev–Trinajstić information content (AvgIpc) is 2.60. The lowest BCUT2D eigenvalue weighted by atomic mass is 9.91. The summed E-state index contributed by atoms with van der Waals surface area (Å²) in [5.74, 6) is 0.715. The molecule has 1 heterocycles. The van der Waals surface area contributed by atoms with E-state index in [0.717, 1.165) is 37.6 Å². The zero-order valence-electron chi connectivity index (χ0n) is 15.3. The van der Waals surface area contributed by atoms with Gasteiger partial charge in [-0.3, -0.25) is 9.48 Å². The Kier molecular flexibility index (Phi) is 6.37. The van der Waals surface area contributed by atoms with Crippen LogP contribution >= 0.6 is 35.0 Å². The van der Waals surface area contributed by atoms with E-state index in [4.69, 9.17) is 23.2 Å². The van der Waals surface area contributed by atoms with Crippen LogP contribution in [-0.2, 0) is 13.2 Å². The molecule has 0 unspecified atom stereocenters. The molecule has 0 atom stereocenters. The van der Waals surface area contributed by atoms with Gasteiger partial charge in [0.25, 0.3) is 0 Å². The molecule has 0 spiro atoms. The van der Waals surface area contributed by atoms with Crippen LogP contribution in [0.1, 0.15) is 38.3 Å². The van der Waals surface area contributed by atoms with Crippen LogP contribution in [0.15, 0.2) is 27.9 Å². The highest BCUT2D eigenvalue weighted by Gasteiger charge is 2.34. The van der Waals surface area contributed by atoms with Crippen molar-refractivity contribution in [1.82, 2.24) is 9.78 Å². The van der Waals surface area contributed by atoms with Crippen molar-refractivity contribution in [3.63, 3.8) is 0 Å². The second-order valence-electron chi connectivity index (χ2n) is 7.13. The third kappa shape index (κ3) is 4.69.